The van der Waals surface area contributed by atoms with Gasteiger partial charge in [-0.05, 0) is 27.2 Å². The van der Waals surface area contributed by atoms with Crippen molar-refractivity contribution in [1.82, 2.24) is 4.90 Å². The van der Waals surface area contributed by atoms with Crippen LogP contribution >= 0.6 is 11.1 Å². The van der Waals surface area contributed by atoms with Gasteiger partial charge >= 0.3 is 0 Å². The second-order valence-electron chi connectivity index (χ2n) is 3.01. The maximum absolute atomic E-state index is 5.96. The lowest BCUT2D eigenvalue weighted by Gasteiger charge is -2.03. The molecule has 10 heavy (non-hydrogen) atoms. The van der Waals surface area contributed by atoms with Gasteiger partial charge < -0.3 is 0 Å². The van der Waals surface area contributed by atoms with E-state index in [2.05, 4.69) is 11.5 Å². The van der Waals surface area contributed by atoms with Crippen LogP contribution in [0.25, 0.3) is 0 Å². The second kappa shape index (κ2) is 4.02. The lowest BCUT2D eigenvalue weighted by atomic mass is 10.6. The molecule has 0 unspecified atom stereocenters. The Balaban J connectivity index is 3.71. The van der Waals surface area contributed by atoms with Crippen molar-refractivity contribution in [2.75, 3.05) is 20.6 Å². The zero-order valence-electron chi connectivity index (χ0n) is 7.03. The normalized spacial score (nSPS) is 11.0. The fraction of sp³-hybridized carbons (Fsp3) is 0.714. The lowest BCUT2D eigenvalue weighted by molar-refractivity contribution is 0.464. The van der Waals surface area contributed by atoms with Crippen molar-refractivity contribution in [2.45, 2.75) is 13.1 Å². The van der Waals surface area contributed by atoms with Gasteiger partial charge in [0.15, 0.2) is 0 Å². The molecule has 0 atom stereocenters. The molecule has 0 N–H and O–H groups in total. The summed E-state index contributed by atoms with van der Waals surface area (Å²) in [6, 6.07) is 0. The van der Waals surface area contributed by atoms with Gasteiger partial charge in [0.05, 0.1) is 6.54 Å². The van der Waals surface area contributed by atoms with Gasteiger partial charge in [0.2, 0.25) is 7.38 Å². The lowest BCUT2D eigenvalue weighted by Crippen LogP contribution is -2.15. The number of nitrogens with zero attached hydrogens (tertiary/aromatic N) is 1. The summed E-state index contributed by atoms with van der Waals surface area (Å²) in [5, 5.41) is 0. The van der Waals surface area contributed by atoms with Crippen LogP contribution in [0.5, 0.6) is 0 Å². The van der Waals surface area contributed by atoms with Crippen molar-refractivity contribution >= 4 is 18.5 Å². The van der Waals surface area contributed by atoms with E-state index in [1.165, 1.54) is 0 Å². The molecule has 0 spiro atoms. The summed E-state index contributed by atoms with van der Waals surface area (Å²) in [4.78, 5) is 2.03. The minimum Gasteiger partial charge on any atom is -0.299 e. The molecule has 0 amide bonds. The third kappa shape index (κ3) is 8.03. The molecule has 0 saturated heterocycles. The average molecular weight is 176 g/mol. The van der Waals surface area contributed by atoms with Gasteiger partial charge in [-0.15, -0.1) is 5.54 Å². The molecule has 0 aliphatic heterocycles. The first kappa shape index (κ1) is 10.0. The van der Waals surface area contributed by atoms with Crippen molar-refractivity contribution in [1.29, 1.82) is 0 Å². The zero-order chi connectivity index (χ0) is 8.20. The topological polar surface area (TPSA) is 3.24 Å². The molecule has 0 aliphatic rings. The minimum atomic E-state index is -1.64. The van der Waals surface area contributed by atoms with Gasteiger partial charge in [-0.1, -0.05) is 5.92 Å². The van der Waals surface area contributed by atoms with Gasteiger partial charge in [0.25, 0.3) is 0 Å². The molecule has 0 heterocycles. The summed E-state index contributed by atoms with van der Waals surface area (Å²) in [5.74, 6) is 3.03. The number of hydrogen-bond donors (Lipinski definition) is 0. The molecular formula is C7H14ClNSi. The Bertz CT molecular complexity index is 149. The standard InChI is InChI=1S/C7H14ClNSi/c1-9(2)6-5-7-10(3,4)8/h6H2,1-4H3. The molecule has 0 saturated carbocycles. The largest absolute Gasteiger partial charge is 0.299 e. The Hall–Kier alpha value is 0.0269. The number of hydrogen-bond acceptors (Lipinski definition) is 1. The van der Waals surface area contributed by atoms with Crippen LogP contribution in [0.3, 0.4) is 0 Å². The quantitative estimate of drug-likeness (QED) is 0.332. The van der Waals surface area contributed by atoms with Crippen molar-refractivity contribution in [3.63, 3.8) is 0 Å². The molecular weight excluding hydrogens is 162 g/mol. The van der Waals surface area contributed by atoms with Gasteiger partial charge in [-0.3, -0.25) is 4.90 Å². The molecule has 0 aromatic carbocycles. The molecule has 0 fully saturated rings. The summed E-state index contributed by atoms with van der Waals surface area (Å²) in [6.45, 7) is 4.86. The summed E-state index contributed by atoms with van der Waals surface area (Å²) in [5.41, 5.74) is 3.07. The molecule has 0 bridgehead atoms. The van der Waals surface area contributed by atoms with E-state index in [0.717, 1.165) is 6.54 Å². The van der Waals surface area contributed by atoms with Crippen LogP contribution in [0, 0.1) is 11.5 Å². The van der Waals surface area contributed by atoms with Gasteiger partial charge in [0.1, 0.15) is 0 Å². The van der Waals surface area contributed by atoms with E-state index in [1.54, 1.807) is 0 Å². The van der Waals surface area contributed by atoms with E-state index in [0.29, 0.717) is 0 Å². The first-order chi connectivity index (χ1) is 4.42. The van der Waals surface area contributed by atoms with Crippen LogP contribution in [0.2, 0.25) is 13.1 Å². The fourth-order valence-electron chi connectivity index (χ4n) is 0.408. The third-order valence-corrected chi connectivity index (χ3v) is 1.84. The summed E-state index contributed by atoms with van der Waals surface area (Å²) in [6.07, 6.45) is 0. The monoisotopic (exact) mass is 175 g/mol. The van der Waals surface area contributed by atoms with Crippen molar-refractivity contribution in [2.24, 2.45) is 0 Å². The molecule has 1 nitrogen and oxygen atoms in total. The van der Waals surface area contributed by atoms with Crippen LogP contribution in [0.1, 0.15) is 0 Å². The number of rotatable bonds is 1. The highest BCUT2D eigenvalue weighted by Crippen LogP contribution is 2.03. The Morgan fingerprint density at radius 1 is 1.40 bits per heavy atom. The van der Waals surface area contributed by atoms with Gasteiger partial charge in [-0.2, -0.15) is 11.1 Å². The molecule has 3 heteroatoms. The molecule has 0 aliphatic carbocycles. The van der Waals surface area contributed by atoms with Gasteiger partial charge in [0, 0.05) is 0 Å². The molecule has 0 radical (unpaired) electrons. The van der Waals surface area contributed by atoms with Crippen molar-refractivity contribution in [3.8, 4) is 11.5 Å². The number of halogens is 1. The average Bonchev–Trinajstić information content (AvgIpc) is 1.59. The van der Waals surface area contributed by atoms with E-state index >= 15 is 0 Å². The Kier molecular flexibility index (Phi) is 4.03. The van der Waals surface area contributed by atoms with E-state index in [4.69, 9.17) is 11.1 Å². The predicted molar refractivity (Wildman–Crippen MR) is 49.7 cm³/mol. The highest BCUT2D eigenvalue weighted by molar-refractivity contribution is 7.23. The summed E-state index contributed by atoms with van der Waals surface area (Å²) >= 11 is 5.96. The molecule has 58 valence electrons. The SMILES string of the molecule is CN(C)CC#C[Si](C)(C)Cl. The predicted octanol–water partition coefficient (Wildman–Crippen LogP) is 1.53. The smallest absolute Gasteiger partial charge is 0.228 e. The van der Waals surface area contributed by atoms with Crippen LogP contribution < -0.4 is 0 Å². The summed E-state index contributed by atoms with van der Waals surface area (Å²) < 4.78 is 0. The Labute approximate surface area is 69.1 Å². The highest BCUT2D eigenvalue weighted by Gasteiger charge is 2.11. The van der Waals surface area contributed by atoms with E-state index < -0.39 is 7.38 Å². The molecule has 0 rings (SSSR count). The molecule has 0 aromatic rings. The first-order valence-corrected chi connectivity index (χ1v) is 7.27. The fourth-order valence-corrected chi connectivity index (χ4v) is 1.11. The first-order valence-electron chi connectivity index (χ1n) is 3.25. The van der Waals surface area contributed by atoms with Crippen LogP contribution in [0.4, 0.5) is 0 Å². The second-order valence-corrected chi connectivity index (χ2v) is 9.04. The van der Waals surface area contributed by atoms with Crippen LogP contribution in [-0.4, -0.2) is 32.9 Å². The van der Waals surface area contributed by atoms with E-state index in [-0.39, 0.29) is 0 Å². The van der Waals surface area contributed by atoms with Crippen molar-refractivity contribution < 1.29 is 0 Å². The van der Waals surface area contributed by atoms with Crippen LogP contribution in [-0.2, 0) is 0 Å². The highest BCUT2D eigenvalue weighted by atomic mass is 35.6. The van der Waals surface area contributed by atoms with Crippen LogP contribution in [0.15, 0.2) is 0 Å². The minimum absolute atomic E-state index is 0.809. The zero-order valence-corrected chi connectivity index (χ0v) is 8.79. The molecule has 0 aromatic heterocycles. The summed E-state index contributed by atoms with van der Waals surface area (Å²) in [7, 11) is 2.36. The van der Waals surface area contributed by atoms with Crippen molar-refractivity contribution in [3.05, 3.63) is 0 Å². The Morgan fingerprint density at radius 3 is 2.20 bits per heavy atom. The Morgan fingerprint density at radius 2 is 1.90 bits per heavy atom. The maximum Gasteiger partial charge on any atom is 0.228 e. The third-order valence-electron chi connectivity index (χ3n) is 0.781. The van der Waals surface area contributed by atoms with E-state index in [9.17, 15) is 0 Å². The van der Waals surface area contributed by atoms with Gasteiger partial charge in [-0.25, -0.2) is 0 Å². The van der Waals surface area contributed by atoms with E-state index in [1.807, 2.05) is 32.1 Å². The maximum atomic E-state index is 5.96.